The predicted molar refractivity (Wildman–Crippen MR) is 447 cm³/mol. The molecule has 0 radical (unpaired) electrons. The van der Waals surface area contributed by atoms with Crippen molar-refractivity contribution in [3.05, 3.63) is 120 Å². The summed E-state index contributed by atoms with van der Waals surface area (Å²) in [4.78, 5) is 153. The van der Waals surface area contributed by atoms with E-state index in [-0.39, 0.29) is 154 Å². The van der Waals surface area contributed by atoms with E-state index < -0.39 is 64.5 Å². The lowest BCUT2D eigenvalue weighted by molar-refractivity contribution is -0.189. The summed E-state index contributed by atoms with van der Waals surface area (Å²) >= 11 is 0. The van der Waals surface area contributed by atoms with Crippen LogP contribution in [0.5, 0.6) is 5.75 Å². The number of carboxylic acids is 2. The molecule has 0 spiro atoms. The average molecular weight is 1620 g/mol. The van der Waals surface area contributed by atoms with E-state index in [0.29, 0.717) is 46.7 Å². The molecule has 636 valence electrons. The highest BCUT2D eigenvalue weighted by molar-refractivity contribution is 5.92. The molecular formula is C94H126N4O19. The van der Waals surface area contributed by atoms with Gasteiger partial charge in [-0.3, -0.25) is 43.2 Å². The van der Waals surface area contributed by atoms with E-state index in [1.54, 1.807) is 47.2 Å². The number of aliphatic carboxylic acids is 2. The standard InChI is InChI=1S/C50H68N2O10.C44H58N2O9/c1-6-8-9-10-11-12-13-14-15-16-17-18-19-20-22-35(47(57)58)30-38(53)23-21-24-43(54)62-50(7-2)40-31-42-45-37(32-52(42)46(56)39(40)33-60-48(50)59)29-36-27-34(25-26-41(36)51-45)28-44(55)61-49(3,4)5;1-3-5-6-7-8-9-10-11-12-13-14-15-16-17-19-30(42(51)52)25-33(47)20-18-21-39(49)55-44(4-2)36-27-38-40-32(24-31-26-34(48)22-23-37(31)45-40)28-46(38)41(50)35(36)29-54-43(44)53/h25-27,29,31,35H,6-24,28,30,32-33H2,1-5H3,(H,57,58);22-24,26-27,30,48H,3-21,25,28-29H2,1-2H3,(H,51,52)/t35?,50-;30?,44-/m00/s1. The molecule has 0 aliphatic carbocycles. The molecule has 0 saturated heterocycles. The van der Waals surface area contributed by atoms with Crippen LogP contribution in [-0.4, -0.2) is 93.4 Å². The molecule has 2 aromatic carbocycles. The second-order valence-electron chi connectivity index (χ2n) is 33.8. The number of pyridine rings is 4. The van der Waals surface area contributed by atoms with E-state index in [9.17, 15) is 68.1 Å². The van der Waals surface area contributed by atoms with Crippen LogP contribution in [0.4, 0.5) is 0 Å². The maximum atomic E-state index is 14.0. The van der Waals surface area contributed by atoms with Gasteiger partial charge < -0.3 is 48.1 Å². The minimum Gasteiger partial charge on any atom is -0.508 e. The molecule has 0 saturated carbocycles. The third-order valence-corrected chi connectivity index (χ3v) is 23.5. The van der Waals surface area contributed by atoms with Crippen LogP contribution >= 0.6 is 0 Å². The van der Waals surface area contributed by atoms with E-state index >= 15 is 0 Å². The Morgan fingerprint density at radius 1 is 0.462 bits per heavy atom. The Morgan fingerprint density at radius 3 is 1.20 bits per heavy atom. The molecule has 2 unspecified atom stereocenters. The Hall–Kier alpha value is -9.41. The minimum absolute atomic E-state index is 0.00434. The Labute approximate surface area is 688 Å². The fraction of sp³-hybridized carbons (Fsp3) is 0.606. The molecule has 4 aromatic heterocycles. The number of hydrogen-bond donors (Lipinski definition) is 3. The third-order valence-electron chi connectivity index (χ3n) is 23.5. The van der Waals surface area contributed by atoms with Crippen LogP contribution in [0.25, 0.3) is 44.6 Å². The minimum atomic E-state index is -1.87. The number of carbonyl (C=O) groups excluding carboxylic acids is 7. The quantitative estimate of drug-likeness (QED) is 0.0181. The average Bonchev–Trinajstić information content (AvgIpc) is 1.65. The van der Waals surface area contributed by atoms with Crippen LogP contribution in [0, 0.1) is 11.8 Å². The van der Waals surface area contributed by atoms with Gasteiger partial charge >= 0.3 is 41.8 Å². The van der Waals surface area contributed by atoms with E-state index in [1.165, 1.54) is 134 Å². The Bertz CT molecular complexity index is 4600. The molecule has 8 heterocycles. The zero-order chi connectivity index (χ0) is 84.2. The van der Waals surface area contributed by atoms with Gasteiger partial charge in [0.05, 0.1) is 76.3 Å². The van der Waals surface area contributed by atoms with Gasteiger partial charge in [0.1, 0.15) is 36.1 Å². The molecular weight excluding hydrogens is 1490 g/mol. The summed E-state index contributed by atoms with van der Waals surface area (Å²) < 4.78 is 31.3. The normalized spacial score (nSPS) is 16.1. The molecule has 0 fully saturated rings. The lowest BCUT2D eigenvalue weighted by atomic mass is 9.85. The van der Waals surface area contributed by atoms with Gasteiger partial charge in [-0.05, 0) is 119 Å². The number of carboxylic acid groups (broad SMARTS) is 2. The summed E-state index contributed by atoms with van der Waals surface area (Å²) in [6.07, 6.45) is 34.8. The van der Waals surface area contributed by atoms with E-state index in [4.69, 9.17) is 33.7 Å². The molecule has 23 heteroatoms. The Kier molecular flexibility index (Phi) is 34.7. The fourth-order valence-electron chi connectivity index (χ4n) is 16.9. The topological polar surface area (TPSA) is 330 Å². The van der Waals surface area contributed by atoms with Gasteiger partial charge in [0.25, 0.3) is 11.1 Å². The molecule has 4 aliphatic rings. The van der Waals surface area contributed by atoms with Gasteiger partial charge in [0.2, 0.25) is 11.2 Å². The number of hydrogen-bond acceptors (Lipinski definition) is 19. The Balaban J connectivity index is 0.000000269. The maximum absolute atomic E-state index is 14.0. The van der Waals surface area contributed by atoms with Crippen molar-refractivity contribution in [2.24, 2.45) is 11.8 Å². The number of esters is 5. The van der Waals surface area contributed by atoms with Crippen molar-refractivity contribution in [3.8, 4) is 28.5 Å². The predicted octanol–water partition coefficient (Wildman–Crippen LogP) is 19.3. The monoisotopic (exact) mass is 1610 g/mol. The van der Waals surface area contributed by atoms with E-state index in [0.717, 1.165) is 78.8 Å². The van der Waals surface area contributed by atoms with Gasteiger partial charge in [0.15, 0.2) is 0 Å². The van der Waals surface area contributed by atoms with Gasteiger partial charge in [-0.1, -0.05) is 214 Å². The maximum Gasteiger partial charge on any atom is 0.355 e. The van der Waals surface area contributed by atoms with Crippen molar-refractivity contribution in [2.45, 2.75) is 355 Å². The first-order valence-electron chi connectivity index (χ1n) is 43.8. The number of aromatic hydroxyl groups is 1. The molecule has 23 nitrogen and oxygen atoms in total. The number of unbranched alkanes of at least 4 members (excludes halogenated alkanes) is 26. The van der Waals surface area contributed by atoms with Crippen LogP contribution in [0.3, 0.4) is 0 Å². The van der Waals surface area contributed by atoms with Crippen molar-refractivity contribution in [2.75, 3.05) is 0 Å². The highest BCUT2D eigenvalue weighted by Crippen LogP contribution is 2.44. The molecule has 0 bridgehead atoms. The van der Waals surface area contributed by atoms with Crippen LogP contribution < -0.4 is 11.1 Å². The largest absolute Gasteiger partial charge is 0.508 e. The number of cyclic esters (lactones) is 2. The molecule has 0 amide bonds. The molecule has 3 N–H and O–H groups in total. The number of ketones is 2. The number of Topliss-reactive ketones (excluding diaryl/α,β-unsaturated/α-hetero) is 2. The number of benzene rings is 2. The van der Waals surface area contributed by atoms with Gasteiger partial charge in [-0.25, -0.2) is 19.6 Å². The van der Waals surface area contributed by atoms with Crippen molar-refractivity contribution in [1.82, 2.24) is 19.1 Å². The molecule has 117 heavy (non-hydrogen) atoms. The number of aromatic nitrogens is 4. The first-order chi connectivity index (χ1) is 56.2. The Morgan fingerprint density at radius 2 is 0.829 bits per heavy atom. The van der Waals surface area contributed by atoms with E-state index in [2.05, 4.69) is 13.8 Å². The number of nitrogens with zero attached hydrogens (tertiary/aromatic N) is 4. The van der Waals surface area contributed by atoms with Crippen molar-refractivity contribution < 1.29 is 82.2 Å². The number of ether oxygens (including phenoxy) is 5. The molecule has 10 rings (SSSR count). The lowest BCUT2D eigenvalue weighted by Crippen LogP contribution is -2.47. The van der Waals surface area contributed by atoms with Crippen molar-refractivity contribution >= 4 is 75.2 Å². The first kappa shape index (κ1) is 91.5. The zero-order valence-corrected chi connectivity index (χ0v) is 70.4. The zero-order valence-electron chi connectivity index (χ0n) is 70.4. The SMILES string of the molecule is CCCCCCCCCCCCCCCCC(CC(=O)CCCC(=O)O[C@]1(CC)C(=O)OCc2c1cc1n(c2=O)Cc2cc3cc(CC(=O)OC(C)(C)C)ccc3nc2-1)C(=O)O.CCCCCCCCCCCCCCCCC(CC(=O)CCCC(=O)O[C@]1(CC)C(=O)OCc2c1cc1n(c2=O)Cc2cc3cc(O)ccc3nc2-1)C(=O)O. The summed E-state index contributed by atoms with van der Waals surface area (Å²) in [5, 5.41) is 31.0. The highest BCUT2D eigenvalue weighted by Gasteiger charge is 2.52. The van der Waals surface area contributed by atoms with Gasteiger partial charge in [-0.2, -0.15) is 0 Å². The highest BCUT2D eigenvalue weighted by atomic mass is 16.6. The molecule has 4 atom stereocenters. The number of phenols is 1. The summed E-state index contributed by atoms with van der Waals surface area (Å²) in [6.45, 7) is 13.2. The molecule has 4 aliphatic heterocycles. The summed E-state index contributed by atoms with van der Waals surface area (Å²) in [5.74, 6) is -7.17. The van der Waals surface area contributed by atoms with Crippen LogP contribution in [0.15, 0.2) is 70.3 Å². The second kappa shape index (κ2) is 44.4. The summed E-state index contributed by atoms with van der Waals surface area (Å²) in [5.41, 5.74) is 1.61. The van der Waals surface area contributed by atoms with Crippen LogP contribution in [0.1, 0.15) is 344 Å². The van der Waals surface area contributed by atoms with Crippen molar-refractivity contribution in [1.29, 1.82) is 0 Å². The van der Waals surface area contributed by atoms with Crippen molar-refractivity contribution in [3.63, 3.8) is 0 Å². The van der Waals surface area contributed by atoms with Gasteiger partial charge in [-0.15, -0.1) is 0 Å². The smallest absolute Gasteiger partial charge is 0.355 e. The number of fused-ring (bicyclic) bond motifs is 10. The van der Waals surface area contributed by atoms with Crippen LogP contribution in [-0.2, 0) is 111 Å². The second-order valence-corrected chi connectivity index (χ2v) is 33.8. The fourth-order valence-corrected chi connectivity index (χ4v) is 16.9. The number of rotatable bonds is 50. The van der Waals surface area contributed by atoms with Gasteiger partial charge in [0, 0.05) is 71.6 Å². The first-order valence-corrected chi connectivity index (χ1v) is 43.8. The number of carbonyl (C=O) groups is 9. The van der Waals surface area contributed by atoms with E-state index in [1.807, 2.05) is 51.1 Å². The third kappa shape index (κ3) is 25.1. The number of phenolic OH excluding ortho intramolecular Hbond substituents is 1. The van der Waals surface area contributed by atoms with Crippen LogP contribution in [0.2, 0.25) is 0 Å². The summed E-state index contributed by atoms with van der Waals surface area (Å²) in [6, 6.07) is 17.5. The molecule has 6 aromatic rings. The summed E-state index contributed by atoms with van der Waals surface area (Å²) in [7, 11) is 0. The lowest BCUT2D eigenvalue weighted by Gasteiger charge is -2.35.